The molecule has 1 heterocycles. The Kier molecular flexibility index (Phi) is 5.78. The van der Waals surface area contributed by atoms with Crippen molar-refractivity contribution in [2.75, 3.05) is 0 Å². The molecule has 1 aromatic heterocycles. The van der Waals surface area contributed by atoms with Gasteiger partial charge in [0.05, 0.1) is 13.2 Å². The number of aromatic amines is 1. The predicted octanol–water partition coefficient (Wildman–Crippen LogP) is 4.67. The molecule has 3 aromatic rings. The van der Waals surface area contributed by atoms with Crippen LogP contribution in [0.15, 0.2) is 53.4 Å². The minimum Gasteiger partial charge on any atom is -0.372 e. The van der Waals surface area contributed by atoms with Gasteiger partial charge >= 0.3 is 5.51 Å². The maximum absolute atomic E-state index is 12.3. The zero-order valence-corrected chi connectivity index (χ0v) is 14.6. The minimum atomic E-state index is -4.29. The number of ether oxygens (including phenoxy) is 1. The third kappa shape index (κ3) is 5.32. The first-order chi connectivity index (χ1) is 12.9. The topological polar surface area (TPSA) is 74.6 Å². The third-order valence-electron chi connectivity index (χ3n) is 3.55. The maximum atomic E-state index is 12.3. The van der Waals surface area contributed by atoms with Crippen molar-refractivity contribution in [1.29, 1.82) is 5.26 Å². The molecule has 1 N–H and O–H groups in total. The van der Waals surface area contributed by atoms with Crippen LogP contribution in [-0.4, -0.2) is 20.9 Å². The highest BCUT2D eigenvalue weighted by Crippen LogP contribution is 2.36. The van der Waals surface area contributed by atoms with Gasteiger partial charge in [-0.25, -0.2) is 0 Å². The van der Waals surface area contributed by atoms with E-state index in [2.05, 4.69) is 15.4 Å². The minimum absolute atomic E-state index is 0.139. The number of aromatic nitrogens is 3. The van der Waals surface area contributed by atoms with Crippen molar-refractivity contribution in [3.05, 3.63) is 65.4 Å². The Morgan fingerprint density at radius 1 is 1.04 bits per heavy atom. The molecule has 27 heavy (non-hydrogen) atoms. The molecular weight excluding hydrogens is 377 g/mol. The van der Waals surface area contributed by atoms with Gasteiger partial charge in [0.2, 0.25) is 0 Å². The molecule has 0 radical (unpaired) electrons. The Bertz CT molecular complexity index is 948. The highest BCUT2D eigenvalue weighted by atomic mass is 32.2. The fourth-order valence-corrected chi connectivity index (χ4v) is 2.93. The number of hydrogen-bond acceptors (Lipinski definition) is 5. The van der Waals surface area contributed by atoms with E-state index in [1.54, 1.807) is 12.1 Å². The van der Waals surface area contributed by atoms with Gasteiger partial charge < -0.3 is 4.74 Å². The Morgan fingerprint density at radius 2 is 1.78 bits per heavy atom. The molecule has 0 saturated carbocycles. The van der Waals surface area contributed by atoms with E-state index in [0.29, 0.717) is 12.3 Å². The highest BCUT2D eigenvalue weighted by molar-refractivity contribution is 8.00. The lowest BCUT2D eigenvalue weighted by atomic mass is 10.1. The lowest BCUT2D eigenvalue weighted by Crippen LogP contribution is -1.99. The molecule has 0 amide bonds. The molecule has 5 nitrogen and oxygen atoms in total. The van der Waals surface area contributed by atoms with Crippen molar-refractivity contribution in [2.24, 2.45) is 0 Å². The Morgan fingerprint density at radius 3 is 2.48 bits per heavy atom. The number of thioether (sulfide) groups is 1. The van der Waals surface area contributed by atoms with Gasteiger partial charge in [-0.3, -0.25) is 0 Å². The maximum Gasteiger partial charge on any atom is 0.446 e. The van der Waals surface area contributed by atoms with Crippen LogP contribution in [-0.2, 0) is 18.0 Å². The molecule has 3 rings (SSSR count). The predicted molar refractivity (Wildman–Crippen MR) is 93.4 cm³/mol. The van der Waals surface area contributed by atoms with E-state index in [-0.39, 0.29) is 29.0 Å². The summed E-state index contributed by atoms with van der Waals surface area (Å²) in [4.78, 5) is 0.139. The Hall–Kier alpha value is -2.83. The molecule has 0 saturated heterocycles. The van der Waals surface area contributed by atoms with Crippen LogP contribution < -0.4 is 0 Å². The quantitative estimate of drug-likeness (QED) is 0.619. The van der Waals surface area contributed by atoms with Crippen LogP contribution in [0.4, 0.5) is 13.2 Å². The summed E-state index contributed by atoms with van der Waals surface area (Å²) in [6.45, 7) is 0.585. The van der Waals surface area contributed by atoms with E-state index < -0.39 is 5.51 Å². The van der Waals surface area contributed by atoms with Crippen molar-refractivity contribution < 1.29 is 17.9 Å². The van der Waals surface area contributed by atoms with Gasteiger partial charge in [0.15, 0.2) is 5.69 Å². The lowest BCUT2D eigenvalue weighted by Gasteiger charge is -2.08. The Labute approximate surface area is 157 Å². The van der Waals surface area contributed by atoms with Gasteiger partial charge in [0.1, 0.15) is 11.8 Å². The first kappa shape index (κ1) is 18.9. The molecule has 138 valence electrons. The highest BCUT2D eigenvalue weighted by Gasteiger charge is 2.28. The number of rotatable bonds is 6. The van der Waals surface area contributed by atoms with E-state index in [0.717, 1.165) is 16.7 Å². The van der Waals surface area contributed by atoms with Crippen molar-refractivity contribution in [2.45, 2.75) is 23.6 Å². The van der Waals surface area contributed by atoms with Gasteiger partial charge in [-0.2, -0.15) is 28.7 Å². The first-order valence-electron chi connectivity index (χ1n) is 7.77. The second-order valence-corrected chi connectivity index (χ2v) is 6.66. The zero-order valence-electron chi connectivity index (χ0n) is 13.8. The Balaban J connectivity index is 1.58. The molecule has 0 aliphatic heterocycles. The smallest absolute Gasteiger partial charge is 0.372 e. The SMILES string of the molecule is N#Cc1n[nH]nc1-c1cccc(COCc2ccc(SC(F)(F)F)cc2)c1. The van der Waals surface area contributed by atoms with Gasteiger partial charge in [-0.1, -0.05) is 30.3 Å². The summed E-state index contributed by atoms with van der Waals surface area (Å²) in [6, 6.07) is 15.4. The van der Waals surface area contributed by atoms with Gasteiger partial charge in [-0.05, 0) is 41.1 Å². The van der Waals surface area contributed by atoms with Crippen molar-refractivity contribution in [3.8, 4) is 17.3 Å². The molecule has 0 fully saturated rings. The van der Waals surface area contributed by atoms with Crippen molar-refractivity contribution in [1.82, 2.24) is 15.4 Å². The summed E-state index contributed by atoms with van der Waals surface area (Å²) < 4.78 is 42.6. The van der Waals surface area contributed by atoms with E-state index >= 15 is 0 Å². The molecule has 2 aromatic carbocycles. The van der Waals surface area contributed by atoms with E-state index in [4.69, 9.17) is 10.00 Å². The molecule has 0 unspecified atom stereocenters. The molecule has 0 aliphatic carbocycles. The van der Waals surface area contributed by atoms with Crippen molar-refractivity contribution in [3.63, 3.8) is 0 Å². The van der Waals surface area contributed by atoms with Crippen LogP contribution in [0, 0.1) is 11.3 Å². The molecule has 0 spiro atoms. The number of nitrogens with zero attached hydrogens (tertiary/aromatic N) is 3. The summed E-state index contributed by atoms with van der Waals surface area (Å²) in [5, 5.41) is 19.2. The summed E-state index contributed by atoms with van der Waals surface area (Å²) in [7, 11) is 0. The number of hydrogen-bond donors (Lipinski definition) is 1. The van der Waals surface area contributed by atoms with Gasteiger partial charge in [-0.15, -0.1) is 5.10 Å². The summed E-state index contributed by atoms with van der Waals surface area (Å²) in [5.74, 6) is 0. The van der Waals surface area contributed by atoms with Crippen molar-refractivity contribution >= 4 is 11.8 Å². The molecule has 0 atom stereocenters. The van der Waals surface area contributed by atoms with E-state index in [9.17, 15) is 13.2 Å². The molecule has 0 aliphatic rings. The van der Waals surface area contributed by atoms with Crippen LogP contribution >= 0.6 is 11.8 Å². The standard InChI is InChI=1S/C18H13F3N4OS/c19-18(20,21)27-15-6-4-12(5-7-15)10-26-11-13-2-1-3-14(8-13)17-16(9-22)23-25-24-17/h1-8H,10-11H2,(H,23,24,25). The van der Waals surface area contributed by atoms with Gasteiger partial charge in [0, 0.05) is 10.5 Å². The monoisotopic (exact) mass is 390 g/mol. The first-order valence-corrected chi connectivity index (χ1v) is 8.59. The number of alkyl halides is 3. The number of halogens is 3. The molecule has 9 heteroatoms. The van der Waals surface area contributed by atoms with Crippen LogP contribution in [0.1, 0.15) is 16.8 Å². The van der Waals surface area contributed by atoms with Crippen LogP contribution in [0.3, 0.4) is 0 Å². The summed E-state index contributed by atoms with van der Waals surface area (Å²) >= 11 is -0.144. The van der Waals surface area contributed by atoms with Gasteiger partial charge in [0.25, 0.3) is 0 Å². The molecular formula is C18H13F3N4OS. The van der Waals surface area contributed by atoms with Crippen LogP contribution in [0.25, 0.3) is 11.3 Å². The number of benzene rings is 2. The second kappa shape index (κ2) is 8.24. The largest absolute Gasteiger partial charge is 0.446 e. The third-order valence-corrected chi connectivity index (χ3v) is 4.29. The summed E-state index contributed by atoms with van der Waals surface area (Å²) in [6.07, 6.45) is 0. The average molecular weight is 390 g/mol. The van der Waals surface area contributed by atoms with Crippen LogP contribution in [0.2, 0.25) is 0 Å². The second-order valence-electron chi connectivity index (χ2n) is 5.52. The normalized spacial score (nSPS) is 11.3. The van der Waals surface area contributed by atoms with E-state index in [1.807, 2.05) is 30.3 Å². The average Bonchev–Trinajstić information content (AvgIpc) is 3.11. The zero-order chi connectivity index (χ0) is 19.3. The summed E-state index contributed by atoms with van der Waals surface area (Å²) in [5.41, 5.74) is -1.21. The lowest BCUT2D eigenvalue weighted by molar-refractivity contribution is -0.0328. The number of nitrogens with one attached hydrogen (secondary N) is 1. The van der Waals surface area contributed by atoms with E-state index in [1.165, 1.54) is 12.1 Å². The fourth-order valence-electron chi connectivity index (χ4n) is 2.39. The number of nitriles is 1. The van der Waals surface area contributed by atoms with Crippen LogP contribution in [0.5, 0.6) is 0 Å². The number of H-pyrrole nitrogens is 1. The molecule has 0 bridgehead atoms. The fraction of sp³-hybridized carbons (Fsp3) is 0.167.